The molecule has 0 bridgehead atoms. The number of carbonyl (C=O) groups is 2. The normalized spacial score (nSPS) is 12.1. The van der Waals surface area contributed by atoms with Crippen LogP contribution in [0.3, 0.4) is 0 Å². The average molecular weight is 480 g/mol. The summed E-state index contributed by atoms with van der Waals surface area (Å²) in [4.78, 5) is 25.8. The Morgan fingerprint density at radius 3 is 2.43 bits per heavy atom. The van der Waals surface area contributed by atoms with Crippen LogP contribution in [0.1, 0.15) is 91.2 Å². The van der Waals surface area contributed by atoms with Crippen LogP contribution in [0.2, 0.25) is 0 Å². The molecular formula is C28H34FN3O3. The molecule has 1 atom stereocenters. The summed E-state index contributed by atoms with van der Waals surface area (Å²) in [5.41, 5.74) is 3.87. The summed E-state index contributed by atoms with van der Waals surface area (Å²) in [6.07, 6.45) is 3.05. The maximum atomic E-state index is 13.6. The first-order valence-corrected chi connectivity index (χ1v) is 12.2. The van der Waals surface area contributed by atoms with Crippen LogP contribution in [0, 0.1) is 12.7 Å². The second-order valence-electron chi connectivity index (χ2n) is 9.25. The summed E-state index contributed by atoms with van der Waals surface area (Å²) in [5, 5.41) is 17.7. The van der Waals surface area contributed by atoms with Gasteiger partial charge in [0.15, 0.2) is 5.69 Å². The number of hydrogen-bond donors (Lipinski definition) is 2. The highest BCUT2D eigenvalue weighted by Crippen LogP contribution is 2.35. The van der Waals surface area contributed by atoms with Crippen molar-refractivity contribution in [1.82, 2.24) is 15.1 Å². The van der Waals surface area contributed by atoms with Crippen molar-refractivity contribution >= 4 is 11.9 Å². The van der Waals surface area contributed by atoms with Gasteiger partial charge in [0.05, 0.1) is 17.3 Å². The first-order chi connectivity index (χ1) is 16.7. The maximum Gasteiger partial charge on any atom is 0.312 e. The van der Waals surface area contributed by atoms with Crippen LogP contribution in [0.5, 0.6) is 0 Å². The molecule has 2 N–H and O–H groups in total. The lowest BCUT2D eigenvalue weighted by molar-refractivity contribution is -0.139. The van der Waals surface area contributed by atoms with Crippen LogP contribution in [-0.4, -0.2) is 26.8 Å². The number of nitrogens with one attached hydrogen (secondary N) is 1. The number of aromatic nitrogens is 2. The van der Waals surface area contributed by atoms with E-state index in [1.807, 2.05) is 45.0 Å². The van der Waals surface area contributed by atoms with E-state index in [-0.39, 0.29) is 17.5 Å². The van der Waals surface area contributed by atoms with Crippen molar-refractivity contribution in [3.8, 4) is 5.69 Å². The third-order valence-corrected chi connectivity index (χ3v) is 6.08. The van der Waals surface area contributed by atoms with E-state index in [9.17, 15) is 19.1 Å². The van der Waals surface area contributed by atoms with E-state index in [1.54, 1.807) is 12.1 Å². The molecule has 0 fully saturated rings. The molecule has 3 aromatic rings. The Kier molecular flexibility index (Phi) is 8.79. The number of benzene rings is 2. The minimum absolute atomic E-state index is 0.146. The number of aryl methyl sites for hydroxylation is 1. The Morgan fingerprint density at radius 1 is 1.11 bits per heavy atom. The molecule has 0 spiro atoms. The molecule has 1 heterocycles. The Bertz CT molecular complexity index is 1170. The summed E-state index contributed by atoms with van der Waals surface area (Å²) in [6.45, 7) is 8.24. The second-order valence-corrected chi connectivity index (χ2v) is 9.25. The third-order valence-electron chi connectivity index (χ3n) is 6.08. The van der Waals surface area contributed by atoms with Crippen molar-refractivity contribution < 1.29 is 19.1 Å². The largest absolute Gasteiger partial charge is 0.481 e. The van der Waals surface area contributed by atoms with E-state index < -0.39 is 17.7 Å². The van der Waals surface area contributed by atoms with E-state index in [2.05, 4.69) is 17.3 Å². The van der Waals surface area contributed by atoms with Crippen LogP contribution in [0.15, 0.2) is 48.5 Å². The molecule has 0 saturated carbocycles. The molecule has 0 radical (unpaired) electrons. The van der Waals surface area contributed by atoms with Crippen LogP contribution < -0.4 is 5.32 Å². The van der Waals surface area contributed by atoms with E-state index >= 15 is 0 Å². The monoisotopic (exact) mass is 479 g/mol. The number of aliphatic carboxylic acids is 1. The van der Waals surface area contributed by atoms with Gasteiger partial charge in [0.25, 0.3) is 5.91 Å². The van der Waals surface area contributed by atoms with Gasteiger partial charge in [-0.25, -0.2) is 9.07 Å². The van der Waals surface area contributed by atoms with Crippen molar-refractivity contribution in [3.63, 3.8) is 0 Å². The van der Waals surface area contributed by atoms with Gasteiger partial charge in [0.2, 0.25) is 0 Å². The summed E-state index contributed by atoms with van der Waals surface area (Å²) >= 11 is 0. The number of carbonyl (C=O) groups excluding carboxylic acids is 1. The standard InChI is InChI=1S/C28H34FN3O3/c1-5-6-7-11-23(28(34)35)26-24(18(2)3)25(31-32(26)22-14-12-21(29)13-15-22)27(33)30-17-20-10-8-9-19(4)16-20/h8-10,12-16,18,23H,5-7,11,17H2,1-4H3,(H,30,33)(H,34,35). The highest BCUT2D eigenvalue weighted by atomic mass is 19.1. The van der Waals surface area contributed by atoms with Gasteiger partial charge >= 0.3 is 5.97 Å². The fourth-order valence-electron chi connectivity index (χ4n) is 4.36. The predicted molar refractivity (Wildman–Crippen MR) is 134 cm³/mol. The number of hydrogen-bond acceptors (Lipinski definition) is 3. The van der Waals surface area contributed by atoms with Crippen molar-refractivity contribution in [1.29, 1.82) is 0 Å². The second kappa shape index (κ2) is 11.8. The Balaban J connectivity index is 2.09. The van der Waals surface area contributed by atoms with Gasteiger partial charge in [0, 0.05) is 12.1 Å². The number of amides is 1. The predicted octanol–water partition coefficient (Wildman–Crippen LogP) is 6.12. The van der Waals surface area contributed by atoms with Crippen molar-refractivity contribution in [2.75, 3.05) is 0 Å². The van der Waals surface area contributed by atoms with Crippen molar-refractivity contribution in [2.45, 2.75) is 71.8 Å². The van der Waals surface area contributed by atoms with Crippen molar-refractivity contribution in [2.24, 2.45) is 0 Å². The molecule has 1 unspecified atom stereocenters. The zero-order valence-electron chi connectivity index (χ0n) is 20.8. The molecule has 1 amide bonds. The molecule has 1 aromatic heterocycles. The molecule has 7 heteroatoms. The minimum atomic E-state index is -0.960. The van der Waals surface area contributed by atoms with E-state index in [1.165, 1.54) is 16.8 Å². The van der Waals surface area contributed by atoms with Gasteiger partial charge in [-0.3, -0.25) is 9.59 Å². The number of unbranched alkanes of at least 4 members (excludes halogenated alkanes) is 2. The quantitative estimate of drug-likeness (QED) is 0.325. The molecule has 35 heavy (non-hydrogen) atoms. The fraction of sp³-hybridized carbons (Fsp3) is 0.393. The third kappa shape index (κ3) is 6.35. The van der Waals surface area contributed by atoms with Gasteiger partial charge in [-0.15, -0.1) is 0 Å². The number of carboxylic acids is 1. The van der Waals surface area contributed by atoms with Crippen LogP contribution in [-0.2, 0) is 11.3 Å². The van der Waals surface area contributed by atoms with Crippen LogP contribution in [0.4, 0.5) is 4.39 Å². The molecule has 3 rings (SSSR count). The zero-order valence-corrected chi connectivity index (χ0v) is 20.8. The lowest BCUT2D eigenvalue weighted by Crippen LogP contribution is -2.25. The lowest BCUT2D eigenvalue weighted by atomic mass is 9.89. The summed E-state index contributed by atoms with van der Waals surface area (Å²) in [5.74, 6) is -2.71. The SMILES string of the molecule is CCCCCC(C(=O)O)c1c(C(C)C)c(C(=O)NCc2cccc(C)c2)nn1-c1ccc(F)cc1. The van der Waals surface area contributed by atoms with Gasteiger partial charge < -0.3 is 10.4 Å². The highest BCUT2D eigenvalue weighted by Gasteiger charge is 2.33. The van der Waals surface area contributed by atoms with Gasteiger partial charge in [-0.2, -0.15) is 5.10 Å². The first-order valence-electron chi connectivity index (χ1n) is 12.2. The number of rotatable bonds is 11. The highest BCUT2D eigenvalue weighted by molar-refractivity contribution is 5.95. The first kappa shape index (κ1) is 26.1. The lowest BCUT2D eigenvalue weighted by Gasteiger charge is -2.18. The summed E-state index contributed by atoms with van der Waals surface area (Å²) < 4.78 is 15.2. The summed E-state index contributed by atoms with van der Waals surface area (Å²) in [6, 6.07) is 13.6. The maximum absolute atomic E-state index is 13.6. The molecule has 0 aliphatic heterocycles. The fourth-order valence-corrected chi connectivity index (χ4v) is 4.36. The Morgan fingerprint density at radius 2 is 1.83 bits per heavy atom. The molecular weight excluding hydrogens is 445 g/mol. The molecule has 0 saturated heterocycles. The molecule has 186 valence electrons. The van der Waals surface area contributed by atoms with Gasteiger partial charge in [-0.1, -0.05) is 69.9 Å². The van der Waals surface area contributed by atoms with E-state index in [0.29, 0.717) is 29.9 Å². The van der Waals surface area contributed by atoms with Crippen LogP contribution >= 0.6 is 0 Å². The Labute approximate surface area is 206 Å². The topological polar surface area (TPSA) is 84.2 Å². The average Bonchev–Trinajstić information content (AvgIpc) is 3.21. The van der Waals surface area contributed by atoms with Crippen molar-refractivity contribution in [3.05, 3.63) is 82.4 Å². The molecule has 2 aromatic carbocycles. The Hall–Kier alpha value is -3.48. The van der Waals surface area contributed by atoms with Gasteiger partial charge in [0.1, 0.15) is 5.82 Å². The number of nitrogens with zero attached hydrogens (tertiary/aromatic N) is 2. The molecule has 6 nitrogen and oxygen atoms in total. The van der Waals surface area contributed by atoms with E-state index in [0.717, 1.165) is 30.4 Å². The van der Waals surface area contributed by atoms with E-state index in [4.69, 9.17) is 0 Å². The number of halogens is 1. The van der Waals surface area contributed by atoms with Gasteiger partial charge in [-0.05, 0) is 49.1 Å². The minimum Gasteiger partial charge on any atom is -0.481 e. The number of carboxylic acid groups (broad SMARTS) is 1. The molecule has 0 aliphatic rings. The van der Waals surface area contributed by atoms with Crippen LogP contribution in [0.25, 0.3) is 5.69 Å². The smallest absolute Gasteiger partial charge is 0.312 e. The molecule has 0 aliphatic carbocycles. The zero-order chi connectivity index (χ0) is 25.5. The summed E-state index contributed by atoms with van der Waals surface area (Å²) in [7, 11) is 0.